The molecule has 0 saturated carbocycles. The van der Waals surface area contributed by atoms with E-state index >= 15 is 0 Å². The number of carbonyl (C=O) groups is 1. The molecule has 2 N–H and O–H groups in total. The lowest BCUT2D eigenvalue weighted by Gasteiger charge is -2.12. The predicted octanol–water partition coefficient (Wildman–Crippen LogP) is 3.38. The number of hydrogen-bond acceptors (Lipinski definition) is 3. The van der Waals surface area contributed by atoms with Gasteiger partial charge < -0.3 is 14.9 Å². The summed E-state index contributed by atoms with van der Waals surface area (Å²) in [6.45, 7) is 0. The van der Waals surface area contributed by atoms with Gasteiger partial charge in [-0.25, -0.2) is 0 Å². The largest absolute Gasteiger partial charge is 0.481 e. The van der Waals surface area contributed by atoms with Gasteiger partial charge in [-0.2, -0.15) is 0 Å². The molecule has 0 aliphatic carbocycles. The molecular weight excluding hydrogens is 256 g/mol. The van der Waals surface area contributed by atoms with Crippen molar-refractivity contribution in [3.8, 4) is 11.5 Å². The molecule has 1 unspecified atom stereocenters. The second kappa shape index (κ2) is 6.73. The van der Waals surface area contributed by atoms with Gasteiger partial charge in [0, 0.05) is 6.42 Å². The zero-order valence-electron chi connectivity index (χ0n) is 10.9. The Hall–Kier alpha value is -2.33. The summed E-state index contributed by atoms with van der Waals surface area (Å²) < 4.78 is 5.67. The molecule has 4 heteroatoms. The fraction of sp³-hybridized carbons (Fsp3) is 0.188. The van der Waals surface area contributed by atoms with Crippen molar-refractivity contribution in [3.63, 3.8) is 0 Å². The molecule has 0 aliphatic heterocycles. The Balaban J connectivity index is 2.05. The van der Waals surface area contributed by atoms with E-state index in [0.717, 1.165) is 0 Å². The van der Waals surface area contributed by atoms with Crippen molar-refractivity contribution in [1.29, 1.82) is 0 Å². The van der Waals surface area contributed by atoms with Gasteiger partial charge >= 0.3 is 5.97 Å². The van der Waals surface area contributed by atoms with Crippen LogP contribution in [-0.4, -0.2) is 16.2 Å². The molecule has 0 aromatic heterocycles. The molecule has 2 rings (SSSR count). The number of carboxylic acids is 1. The third-order valence-corrected chi connectivity index (χ3v) is 2.85. The van der Waals surface area contributed by atoms with Crippen LogP contribution in [0.3, 0.4) is 0 Å². The summed E-state index contributed by atoms with van der Waals surface area (Å²) in [5.74, 6) is 0.411. The minimum absolute atomic E-state index is 0.0645. The topological polar surface area (TPSA) is 66.8 Å². The van der Waals surface area contributed by atoms with Gasteiger partial charge in [-0.1, -0.05) is 30.3 Å². The fourth-order valence-electron chi connectivity index (χ4n) is 1.84. The van der Waals surface area contributed by atoms with E-state index in [1.165, 1.54) is 0 Å². The molecule has 0 radical (unpaired) electrons. The Morgan fingerprint density at radius 1 is 1.05 bits per heavy atom. The zero-order chi connectivity index (χ0) is 14.4. The summed E-state index contributed by atoms with van der Waals surface area (Å²) in [5, 5.41) is 18.6. The van der Waals surface area contributed by atoms with Crippen molar-refractivity contribution in [2.75, 3.05) is 0 Å². The highest BCUT2D eigenvalue weighted by molar-refractivity contribution is 5.66. The van der Waals surface area contributed by atoms with E-state index in [2.05, 4.69) is 0 Å². The highest BCUT2D eigenvalue weighted by atomic mass is 16.5. The summed E-state index contributed by atoms with van der Waals surface area (Å²) in [4.78, 5) is 10.5. The van der Waals surface area contributed by atoms with Crippen LogP contribution >= 0.6 is 0 Å². The van der Waals surface area contributed by atoms with Crippen LogP contribution in [0, 0.1) is 0 Å². The minimum Gasteiger partial charge on any atom is -0.481 e. The van der Waals surface area contributed by atoms with Crippen LogP contribution < -0.4 is 4.74 Å². The monoisotopic (exact) mass is 272 g/mol. The minimum atomic E-state index is -0.916. The summed E-state index contributed by atoms with van der Waals surface area (Å²) in [6.07, 6.45) is -0.680. The number of hydrogen-bond donors (Lipinski definition) is 2. The summed E-state index contributed by atoms with van der Waals surface area (Å²) in [6, 6.07) is 16.4. The summed E-state index contributed by atoms with van der Waals surface area (Å²) in [5.41, 5.74) is 0.652. The van der Waals surface area contributed by atoms with Gasteiger partial charge in [0.1, 0.15) is 11.5 Å². The molecule has 0 amide bonds. The quantitative estimate of drug-likeness (QED) is 0.846. The highest BCUT2D eigenvalue weighted by Gasteiger charge is 2.10. The molecule has 0 aliphatic rings. The maximum Gasteiger partial charge on any atom is 0.303 e. The maximum atomic E-state index is 10.5. The van der Waals surface area contributed by atoms with Crippen LogP contribution in [0.25, 0.3) is 0 Å². The predicted molar refractivity (Wildman–Crippen MR) is 74.8 cm³/mol. The molecule has 0 fully saturated rings. The highest BCUT2D eigenvalue weighted by Crippen LogP contribution is 2.26. The van der Waals surface area contributed by atoms with Crippen molar-refractivity contribution in [2.24, 2.45) is 0 Å². The smallest absolute Gasteiger partial charge is 0.303 e. The fourth-order valence-corrected chi connectivity index (χ4v) is 1.84. The molecule has 2 aromatic carbocycles. The molecule has 0 spiro atoms. The zero-order valence-corrected chi connectivity index (χ0v) is 10.9. The van der Waals surface area contributed by atoms with Gasteiger partial charge in [-0.05, 0) is 36.2 Å². The van der Waals surface area contributed by atoms with Crippen molar-refractivity contribution < 1.29 is 19.7 Å². The average molecular weight is 272 g/mol. The first-order valence-corrected chi connectivity index (χ1v) is 6.38. The van der Waals surface area contributed by atoms with E-state index in [9.17, 15) is 9.90 Å². The number of carboxylic acid groups (broad SMARTS) is 1. The van der Waals surface area contributed by atoms with E-state index in [1.807, 2.05) is 30.3 Å². The van der Waals surface area contributed by atoms with Crippen molar-refractivity contribution in [1.82, 2.24) is 0 Å². The van der Waals surface area contributed by atoms with Crippen LogP contribution in [0.1, 0.15) is 24.5 Å². The molecular formula is C16H16O4. The van der Waals surface area contributed by atoms with Crippen molar-refractivity contribution in [3.05, 3.63) is 60.2 Å². The lowest BCUT2D eigenvalue weighted by Crippen LogP contribution is -2.02. The van der Waals surface area contributed by atoms with Gasteiger partial charge in [0.15, 0.2) is 0 Å². The Bertz CT molecular complexity index is 566. The van der Waals surface area contributed by atoms with Gasteiger partial charge in [0.2, 0.25) is 0 Å². The van der Waals surface area contributed by atoms with Gasteiger partial charge in [-0.3, -0.25) is 4.79 Å². The molecule has 1 atom stereocenters. The van der Waals surface area contributed by atoms with Crippen molar-refractivity contribution >= 4 is 5.97 Å². The Labute approximate surface area is 117 Å². The number of para-hydroxylation sites is 1. The first-order valence-electron chi connectivity index (χ1n) is 6.38. The number of aliphatic carboxylic acids is 1. The molecule has 20 heavy (non-hydrogen) atoms. The van der Waals surface area contributed by atoms with Gasteiger partial charge in [0.05, 0.1) is 6.10 Å². The molecule has 0 heterocycles. The second-order valence-electron chi connectivity index (χ2n) is 4.44. The second-order valence-corrected chi connectivity index (χ2v) is 4.44. The Kier molecular flexibility index (Phi) is 4.74. The number of aliphatic hydroxyl groups excluding tert-OH is 1. The molecule has 2 aromatic rings. The first kappa shape index (κ1) is 14.1. The first-order chi connectivity index (χ1) is 9.65. The Morgan fingerprint density at radius 2 is 1.75 bits per heavy atom. The number of rotatable bonds is 6. The van der Waals surface area contributed by atoms with E-state index in [4.69, 9.17) is 9.84 Å². The van der Waals surface area contributed by atoms with E-state index in [1.54, 1.807) is 24.3 Å². The van der Waals surface area contributed by atoms with E-state index in [-0.39, 0.29) is 12.8 Å². The Morgan fingerprint density at radius 3 is 2.45 bits per heavy atom. The maximum absolute atomic E-state index is 10.5. The number of benzene rings is 2. The SMILES string of the molecule is O=C(O)CCC(O)c1cccc(Oc2ccccc2)c1. The van der Waals surface area contributed by atoms with Crippen molar-refractivity contribution in [2.45, 2.75) is 18.9 Å². The molecule has 104 valence electrons. The number of aliphatic hydroxyl groups is 1. The normalized spacial score (nSPS) is 11.8. The van der Waals surface area contributed by atoms with Crippen LogP contribution in [0.5, 0.6) is 11.5 Å². The van der Waals surface area contributed by atoms with E-state index < -0.39 is 12.1 Å². The number of ether oxygens (including phenoxy) is 1. The molecule has 0 bridgehead atoms. The van der Waals surface area contributed by atoms with Gasteiger partial charge in [-0.15, -0.1) is 0 Å². The summed E-state index contributed by atoms with van der Waals surface area (Å²) in [7, 11) is 0. The van der Waals surface area contributed by atoms with Crippen LogP contribution in [-0.2, 0) is 4.79 Å². The van der Waals surface area contributed by atoms with Crippen LogP contribution in [0.4, 0.5) is 0 Å². The van der Waals surface area contributed by atoms with Crippen LogP contribution in [0.2, 0.25) is 0 Å². The van der Waals surface area contributed by atoms with Crippen LogP contribution in [0.15, 0.2) is 54.6 Å². The third-order valence-electron chi connectivity index (χ3n) is 2.85. The third kappa shape index (κ3) is 4.10. The molecule has 0 saturated heterocycles. The van der Waals surface area contributed by atoms with Gasteiger partial charge in [0.25, 0.3) is 0 Å². The summed E-state index contributed by atoms with van der Waals surface area (Å²) >= 11 is 0. The van der Waals surface area contributed by atoms with E-state index in [0.29, 0.717) is 17.1 Å². The lowest BCUT2D eigenvalue weighted by atomic mass is 10.0. The lowest BCUT2D eigenvalue weighted by molar-refractivity contribution is -0.137. The standard InChI is InChI=1S/C16H16O4/c17-15(9-10-16(18)19)12-5-4-8-14(11-12)20-13-6-2-1-3-7-13/h1-8,11,15,17H,9-10H2,(H,18,19). The average Bonchev–Trinajstić information content (AvgIpc) is 2.46. The molecule has 4 nitrogen and oxygen atoms in total.